The lowest BCUT2D eigenvalue weighted by Crippen LogP contribution is -2.54. The molecule has 2 amide bonds. The normalized spacial score (nSPS) is 12.1. The fourth-order valence-corrected chi connectivity index (χ4v) is 6.82. The van der Waals surface area contributed by atoms with Gasteiger partial charge in [-0.3, -0.25) is 13.9 Å². The Morgan fingerprint density at radius 3 is 2.07 bits per heavy atom. The van der Waals surface area contributed by atoms with Crippen LogP contribution in [-0.2, 0) is 32.6 Å². The molecule has 0 aromatic heterocycles. The van der Waals surface area contributed by atoms with Crippen molar-refractivity contribution in [2.75, 3.05) is 10.8 Å². The molecule has 1 atom stereocenters. The van der Waals surface area contributed by atoms with Crippen LogP contribution in [0.25, 0.3) is 0 Å². The maximum absolute atomic E-state index is 14.5. The molecule has 0 spiro atoms. The van der Waals surface area contributed by atoms with E-state index in [1.807, 2.05) is 44.2 Å². The molecule has 0 saturated heterocycles. The minimum Gasteiger partial charge on any atom is -0.352 e. The molecule has 0 heterocycles. The molecular formula is C34H34Cl3N3O4S. The number of hydrogen-bond donors (Lipinski definition) is 1. The first-order valence-corrected chi connectivity index (χ1v) is 16.9. The number of hydrogen-bond acceptors (Lipinski definition) is 4. The largest absolute Gasteiger partial charge is 0.352 e. The third kappa shape index (κ3) is 8.79. The Hall–Kier alpha value is -3.56. The van der Waals surface area contributed by atoms with Gasteiger partial charge in [-0.25, -0.2) is 8.42 Å². The highest BCUT2D eigenvalue weighted by molar-refractivity contribution is 7.92. The van der Waals surface area contributed by atoms with E-state index in [1.54, 1.807) is 55.5 Å². The Morgan fingerprint density at radius 1 is 0.822 bits per heavy atom. The summed E-state index contributed by atoms with van der Waals surface area (Å²) in [6.07, 6.45) is 0.179. The van der Waals surface area contributed by atoms with Crippen molar-refractivity contribution in [2.24, 2.45) is 0 Å². The van der Waals surface area contributed by atoms with Crippen LogP contribution in [0.2, 0.25) is 15.1 Å². The Labute approximate surface area is 279 Å². The van der Waals surface area contributed by atoms with Crippen molar-refractivity contribution in [3.63, 3.8) is 0 Å². The summed E-state index contributed by atoms with van der Waals surface area (Å²) in [4.78, 5) is 29.7. The number of carbonyl (C=O) groups excluding carboxylic acids is 2. The summed E-state index contributed by atoms with van der Waals surface area (Å²) in [5, 5.41) is 3.99. The lowest BCUT2D eigenvalue weighted by molar-refractivity contribution is -0.140. The SMILES string of the molecule is Cc1ccc(N(CC(=O)N(Cc2ccc(Cl)cc2Cl)[C@@H](Cc2ccccc2)C(=O)NC(C)C)S(=O)(=O)c2ccccc2)cc1Cl. The molecule has 45 heavy (non-hydrogen) atoms. The number of sulfonamides is 1. The molecule has 0 radical (unpaired) electrons. The zero-order valence-electron chi connectivity index (χ0n) is 25.1. The van der Waals surface area contributed by atoms with E-state index in [0.29, 0.717) is 20.6 Å². The summed E-state index contributed by atoms with van der Waals surface area (Å²) in [6, 6.07) is 25.6. The lowest BCUT2D eigenvalue weighted by Gasteiger charge is -2.34. The first-order chi connectivity index (χ1) is 21.4. The number of nitrogens with one attached hydrogen (secondary N) is 1. The highest BCUT2D eigenvalue weighted by Crippen LogP contribution is 2.29. The molecule has 0 aliphatic rings. The second kappa shape index (κ2) is 15.1. The van der Waals surface area contributed by atoms with Crippen molar-refractivity contribution in [1.29, 1.82) is 0 Å². The number of aryl methyl sites for hydroxylation is 1. The van der Waals surface area contributed by atoms with Gasteiger partial charge in [-0.2, -0.15) is 0 Å². The molecule has 0 fully saturated rings. The van der Waals surface area contributed by atoms with Crippen molar-refractivity contribution in [1.82, 2.24) is 10.2 Å². The standard InChI is InChI=1S/C34H34Cl3N3O4S/c1-23(2)38-34(42)32(18-25-10-6-4-7-11-25)39(21-26-15-16-27(35)19-31(26)37)33(41)22-40(28-17-14-24(3)30(36)20-28)45(43,44)29-12-8-5-9-13-29/h4-17,19-20,23,32H,18,21-22H2,1-3H3,(H,38,42)/t32-/m0/s1. The van der Waals surface area contributed by atoms with Gasteiger partial charge in [0.15, 0.2) is 0 Å². The lowest BCUT2D eigenvalue weighted by atomic mass is 10.0. The topological polar surface area (TPSA) is 86.8 Å². The molecule has 0 aliphatic carbocycles. The summed E-state index contributed by atoms with van der Waals surface area (Å²) >= 11 is 19.1. The van der Waals surface area contributed by atoms with Crippen LogP contribution in [0.3, 0.4) is 0 Å². The number of benzene rings is 4. The summed E-state index contributed by atoms with van der Waals surface area (Å²) in [5.41, 5.74) is 2.32. The predicted molar refractivity (Wildman–Crippen MR) is 181 cm³/mol. The summed E-state index contributed by atoms with van der Waals surface area (Å²) in [6.45, 7) is 4.77. The van der Waals surface area contributed by atoms with Gasteiger partial charge < -0.3 is 10.2 Å². The molecule has 4 aromatic rings. The van der Waals surface area contributed by atoms with Crippen LogP contribution in [-0.4, -0.2) is 43.8 Å². The number of carbonyl (C=O) groups is 2. The van der Waals surface area contributed by atoms with Crippen molar-refractivity contribution in [2.45, 2.75) is 50.7 Å². The number of anilines is 1. The van der Waals surface area contributed by atoms with Crippen LogP contribution in [0.5, 0.6) is 0 Å². The third-order valence-corrected chi connectivity index (χ3v) is 9.89. The molecule has 236 valence electrons. The van der Waals surface area contributed by atoms with Gasteiger partial charge in [0.25, 0.3) is 10.0 Å². The second-order valence-electron chi connectivity index (χ2n) is 10.9. The third-order valence-electron chi connectivity index (χ3n) is 7.11. The highest BCUT2D eigenvalue weighted by Gasteiger charge is 2.35. The van der Waals surface area contributed by atoms with E-state index < -0.39 is 28.5 Å². The van der Waals surface area contributed by atoms with E-state index in [1.165, 1.54) is 23.1 Å². The van der Waals surface area contributed by atoms with E-state index in [2.05, 4.69) is 5.32 Å². The van der Waals surface area contributed by atoms with E-state index in [4.69, 9.17) is 34.8 Å². The van der Waals surface area contributed by atoms with Gasteiger partial charge in [0, 0.05) is 34.1 Å². The van der Waals surface area contributed by atoms with Crippen molar-refractivity contribution in [3.8, 4) is 0 Å². The van der Waals surface area contributed by atoms with Gasteiger partial charge in [-0.05, 0) is 73.9 Å². The Morgan fingerprint density at radius 2 is 1.47 bits per heavy atom. The molecule has 7 nitrogen and oxygen atoms in total. The first kappa shape index (κ1) is 34.3. The van der Waals surface area contributed by atoms with Crippen LogP contribution in [0.1, 0.15) is 30.5 Å². The van der Waals surface area contributed by atoms with Crippen molar-refractivity contribution >= 4 is 62.3 Å². The second-order valence-corrected chi connectivity index (χ2v) is 14.0. The fraction of sp³-hybridized carbons (Fsp3) is 0.235. The van der Waals surface area contributed by atoms with Gasteiger partial charge in [0.05, 0.1) is 10.6 Å². The monoisotopic (exact) mass is 685 g/mol. The smallest absolute Gasteiger partial charge is 0.264 e. The van der Waals surface area contributed by atoms with Crippen LogP contribution < -0.4 is 9.62 Å². The maximum atomic E-state index is 14.5. The van der Waals surface area contributed by atoms with Gasteiger partial charge in [-0.15, -0.1) is 0 Å². The van der Waals surface area contributed by atoms with Gasteiger partial charge >= 0.3 is 0 Å². The van der Waals surface area contributed by atoms with Crippen molar-refractivity contribution < 1.29 is 18.0 Å². The van der Waals surface area contributed by atoms with E-state index in [9.17, 15) is 18.0 Å². The average Bonchev–Trinajstić information content (AvgIpc) is 3.00. The minimum absolute atomic E-state index is 0.000166. The fourth-order valence-electron chi connectivity index (χ4n) is 4.75. The van der Waals surface area contributed by atoms with Crippen LogP contribution in [0.4, 0.5) is 5.69 Å². The zero-order chi connectivity index (χ0) is 32.7. The molecule has 0 bridgehead atoms. The van der Waals surface area contributed by atoms with Gasteiger partial charge in [-0.1, -0.05) is 95.5 Å². The van der Waals surface area contributed by atoms with Crippen LogP contribution in [0.15, 0.2) is 102 Å². The predicted octanol–water partition coefficient (Wildman–Crippen LogP) is 7.32. The number of nitrogens with zero attached hydrogens (tertiary/aromatic N) is 2. The minimum atomic E-state index is -4.24. The maximum Gasteiger partial charge on any atom is 0.264 e. The Bertz CT molecular complexity index is 1750. The summed E-state index contributed by atoms with van der Waals surface area (Å²) < 4.78 is 29.2. The molecule has 0 saturated carbocycles. The van der Waals surface area contributed by atoms with E-state index >= 15 is 0 Å². The molecule has 11 heteroatoms. The van der Waals surface area contributed by atoms with Gasteiger partial charge in [0.1, 0.15) is 12.6 Å². The van der Waals surface area contributed by atoms with E-state index in [0.717, 1.165) is 15.4 Å². The molecule has 4 aromatic carbocycles. The summed E-state index contributed by atoms with van der Waals surface area (Å²) in [5.74, 6) is -1.000. The zero-order valence-corrected chi connectivity index (χ0v) is 28.2. The average molecular weight is 687 g/mol. The molecular weight excluding hydrogens is 653 g/mol. The Kier molecular flexibility index (Phi) is 11.6. The number of rotatable bonds is 12. The Balaban J connectivity index is 1.84. The molecule has 0 aliphatic heterocycles. The van der Waals surface area contributed by atoms with Crippen LogP contribution in [0, 0.1) is 6.92 Å². The van der Waals surface area contributed by atoms with Gasteiger partial charge in [0.2, 0.25) is 11.8 Å². The van der Waals surface area contributed by atoms with Crippen molar-refractivity contribution in [3.05, 3.63) is 129 Å². The molecule has 0 unspecified atom stereocenters. The molecule has 4 rings (SSSR count). The molecule has 1 N–H and O–H groups in total. The van der Waals surface area contributed by atoms with E-state index in [-0.39, 0.29) is 35.5 Å². The quantitative estimate of drug-likeness (QED) is 0.169. The summed E-state index contributed by atoms with van der Waals surface area (Å²) in [7, 11) is -4.24. The number of halogens is 3. The number of amides is 2. The first-order valence-electron chi connectivity index (χ1n) is 14.3. The highest BCUT2D eigenvalue weighted by atomic mass is 35.5. The van der Waals surface area contributed by atoms with Crippen LogP contribution >= 0.6 is 34.8 Å².